The topological polar surface area (TPSA) is 42.3 Å². The molecule has 106 valence electrons. The summed E-state index contributed by atoms with van der Waals surface area (Å²) in [4.78, 5) is 7.10. The fourth-order valence-corrected chi connectivity index (χ4v) is 3.51. The van der Waals surface area contributed by atoms with E-state index in [4.69, 9.17) is 4.74 Å². The predicted octanol–water partition coefficient (Wildman–Crippen LogP) is 1.74. The van der Waals surface area contributed by atoms with Gasteiger partial charge in [0.15, 0.2) is 0 Å². The van der Waals surface area contributed by atoms with Gasteiger partial charge in [-0.05, 0) is 32.2 Å². The maximum atomic E-state index is 5.07. The van der Waals surface area contributed by atoms with Crippen molar-refractivity contribution in [3.8, 4) is 0 Å². The summed E-state index contributed by atoms with van der Waals surface area (Å²) in [5.74, 6) is 1.02. The van der Waals surface area contributed by atoms with Gasteiger partial charge in [0, 0.05) is 45.2 Å². The summed E-state index contributed by atoms with van der Waals surface area (Å²) < 4.78 is 7.42. The van der Waals surface area contributed by atoms with Crippen molar-refractivity contribution >= 4 is 5.95 Å². The summed E-state index contributed by atoms with van der Waals surface area (Å²) in [6, 6.07) is 1.34. The van der Waals surface area contributed by atoms with Crippen molar-refractivity contribution < 1.29 is 4.74 Å². The van der Waals surface area contributed by atoms with Crippen LogP contribution in [0.5, 0.6) is 0 Å². The van der Waals surface area contributed by atoms with Gasteiger partial charge < -0.3 is 14.6 Å². The molecule has 2 aliphatic rings. The molecule has 0 aromatic carbocycles. The standard InChI is InChI=1S/C14H24N4O/c1-19-11-3-6-15-14-16-7-10-18(14)13-5-9-17-8-2-4-12(13)17/h7,10,12-13H,2-6,8-9,11H2,1H3,(H,15,16). The van der Waals surface area contributed by atoms with Gasteiger partial charge in [0.05, 0.1) is 6.04 Å². The van der Waals surface area contributed by atoms with Crippen molar-refractivity contribution in [3.05, 3.63) is 12.4 Å². The van der Waals surface area contributed by atoms with Gasteiger partial charge >= 0.3 is 0 Å². The molecule has 3 rings (SSSR count). The lowest BCUT2D eigenvalue weighted by atomic mass is 10.1. The first-order valence-corrected chi connectivity index (χ1v) is 7.40. The van der Waals surface area contributed by atoms with Gasteiger partial charge in [-0.15, -0.1) is 0 Å². The van der Waals surface area contributed by atoms with Crippen molar-refractivity contribution in [1.29, 1.82) is 0 Å². The second-order valence-corrected chi connectivity index (χ2v) is 5.53. The van der Waals surface area contributed by atoms with Crippen LogP contribution in [0.1, 0.15) is 31.7 Å². The smallest absolute Gasteiger partial charge is 0.203 e. The Morgan fingerprint density at radius 1 is 1.37 bits per heavy atom. The zero-order valence-electron chi connectivity index (χ0n) is 11.7. The van der Waals surface area contributed by atoms with E-state index in [9.17, 15) is 0 Å². The second-order valence-electron chi connectivity index (χ2n) is 5.53. The minimum atomic E-state index is 0.606. The third-order valence-corrected chi connectivity index (χ3v) is 4.40. The molecule has 5 heteroatoms. The lowest BCUT2D eigenvalue weighted by molar-refractivity contribution is 0.197. The van der Waals surface area contributed by atoms with Crippen molar-refractivity contribution in [2.24, 2.45) is 0 Å². The summed E-state index contributed by atoms with van der Waals surface area (Å²) >= 11 is 0. The van der Waals surface area contributed by atoms with Crippen molar-refractivity contribution in [1.82, 2.24) is 14.5 Å². The van der Waals surface area contributed by atoms with Crippen LogP contribution in [-0.4, -0.2) is 53.8 Å². The lowest BCUT2D eigenvalue weighted by Gasteiger charge is -2.23. The highest BCUT2D eigenvalue weighted by molar-refractivity contribution is 5.27. The third kappa shape index (κ3) is 2.62. The van der Waals surface area contributed by atoms with Gasteiger partial charge in [-0.2, -0.15) is 0 Å². The van der Waals surface area contributed by atoms with Crippen molar-refractivity contribution in [3.63, 3.8) is 0 Å². The van der Waals surface area contributed by atoms with Gasteiger partial charge in [-0.3, -0.25) is 4.90 Å². The molecular formula is C14H24N4O. The van der Waals surface area contributed by atoms with Crippen molar-refractivity contribution in [2.45, 2.75) is 37.8 Å². The molecule has 1 aromatic heterocycles. The molecule has 2 unspecified atom stereocenters. The molecule has 0 spiro atoms. The number of fused-ring (bicyclic) bond motifs is 1. The van der Waals surface area contributed by atoms with Crippen LogP contribution < -0.4 is 5.32 Å². The van der Waals surface area contributed by atoms with Crippen LogP contribution in [0.4, 0.5) is 5.95 Å². The van der Waals surface area contributed by atoms with E-state index in [-0.39, 0.29) is 0 Å². The zero-order chi connectivity index (χ0) is 13.1. The summed E-state index contributed by atoms with van der Waals surface area (Å²) in [5, 5.41) is 3.44. The Balaban J connectivity index is 1.63. The first-order chi connectivity index (χ1) is 9.40. The number of rotatable bonds is 6. The Morgan fingerprint density at radius 2 is 2.32 bits per heavy atom. The average molecular weight is 264 g/mol. The summed E-state index contributed by atoms with van der Waals surface area (Å²) in [6.07, 6.45) is 9.01. The van der Waals surface area contributed by atoms with E-state index < -0.39 is 0 Å². The first-order valence-electron chi connectivity index (χ1n) is 7.40. The number of ether oxygens (including phenoxy) is 1. The average Bonchev–Trinajstić information content (AvgIpc) is 3.10. The van der Waals surface area contributed by atoms with E-state index in [1.807, 2.05) is 6.20 Å². The van der Waals surface area contributed by atoms with E-state index in [2.05, 4.69) is 26.0 Å². The molecule has 0 saturated carbocycles. The third-order valence-electron chi connectivity index (χ3n) is 4.40. The van der Waals surface area contributed by atoms with Gasteiger partial charge in [0.1, 0.15) is 0 Å². The number of imidazole rings is 1. The number of methoxy groups -OCH3 is 1. The minimum Gasteiger partial charge on any atom is -0.385 e. The summed E-state index contributed by atoms with van der Waals surface area (Å²) in [6.45, 7) is 4.25. The molecule has 0 radical (unpaired) electrons. The van der Waals surface area contributed by atoms with Gasteiger partial charge in [-0.1, -0.05) is 0 Å². The van der Waals surface area contributed by atoms with Crippen LogP contribution in [0.2, 0.25) is 0 Å². The number of nitrogens with one attached hydrogen (secondary N) is 1. The van der Waals surface area contributed by atoms with Gasteiger partial charge in [0.2, 0.25) is 5.95 Å². The number of aromatic nitrogens is 2. The lowest BCUT2D eigenvalue weighted by Crippen LogP contribution is -2.28. The van der Waals surface area contributed by atoms with Gasteiger partial charge in [0.25, 0.3) is 0 Å². The fourth-order valence-electron chi connectivity index (χ4n) is 3.51. The van der Waals surface area contributed by atoms with Crippen LogP contribution in [0, 0.1) is 0 Å². The van der Waals surface area contributed by atoms with E-state index in [0.717, 1.165) is 31.6 Å². The number of hydrogen-bond acceptors (Lipinski definition) is 4. The second kappa shape index (κ2) is 5.92. The van der Waals surface area contributed by atoms with E-state index in [1.165, 1.54) is 32.4 Å². The largest absolute Gasteiger partial charge is 0.385 e. The highest BCUT2D eigenvalue weighted by atomic mass is 16.5. The maximum Gasteiger partial charge on any atom is 0.203 e. The number of hydrogen-bond donors (Lipinski definition) is 1. The Hall–Kier alpha value is -1.07. The predicted molar refractivity (Wildman–Crippen MR) is 75.5 cm³/mol. The molecule has 2 saturated heterocycles. The quantitative estimate of drug-likeness (QED) is 0.795. The Bertz CT molecular complexity index is 406. The molecule has 0 bridgehead atoms. The Morgan fingerprint density at radius 3 is 3.21 bits per heavy atom. The zero-order valence-corrected chi connectivity index (χ0v) is 11.7. The first kappa shape index (κ1) is 12.9. The van der Waals surface area contributed by atoms with E-state index in [1.54, 1.807) is 7.11 Å². The monoisotopic (exact) mass is 264 g/mol. The SMILES string of the molecule is COCCCNc1nccn1C1CCN2CCCC12. The maximum absolute atomic E-state index is 5.07. The van der Waals surface area contributed by atoms with Crippen LogP contribution >= 0.6 is 0 Å². The molecule has 3 heterocycles. The molecular weight excluding hydrogens is 240 g/mol. The molecule has 0 aliphatic carbocycles. The van der Waals surface area contributed by atoms with Crippen LogP contribution in [0.15, 0.2) is 12.4 Å². The normalized spacial score (nSPS) is 26.8. The highest BCUT2D eigenvalue weighted by Crippen LogP contribution is 2.37. The molecule has 2 fully saturated rings. The molecule has 1 aromatic rings. The number of nitrogens with zero attached hydrogens (tertiary/aromatic N) is 3. The highest BCUT2D eigenvalue weighted by Gasteiger charge is 2.38. The van der Waals surface area contributed by atoms with Gasteiger partial charge in [-0.25, -0.2) is 4.98 Å². The molecule has 2 atom stereocenters. The van der Waals surface area contributed by atoms with Crippen molar-refractivity contribution in [2.75, 3.05) is 38.7 Å². The molecule has 1 N–H and O–H groups in total. The molecule has 5 nitrogen and oxygen atoms in total. The molecule has 19 heavy (non-hydrogen) atoms. The van der Waals surface area contributed by atoms with E-state index >= 15 is 0 Å². The molecule has 0 amide bonds. The van der Waals surface area contributed by atoms with Crippen LogP contribution in [0.25, 0.3) is 0 Å². The summed E-state index contributed by atoms with van der Waals surface area (Å²) in [7, 11) is 1.74. The minimum absolute atomic E-state index is 0.606. The molecule has 2 aliphatic heterocycles. The van der Waals surface area contributed by atoms with Crippen LogP contribution in [0.3, 0.4) is 0 Å². The fraction of sp³-hybridized carbons (Fsp3) is 0.786. The van der Waals surface area contributed by atoms with E-state index in [0.29, 0.717) is 6.04 Å². The number of anilines is 1. The Labute approximate surface area is 114 Å². The summed E-state index contributed by atoms with van der Waals surface area (Å²) in [5.41, 5.74) is 0. The van der Waals surface area contributed by atoms with Crippen LogP contribution in [-0.2, 0) is 4.74 Å². The Kier molecular flexibility index (Phi) is 4.03.